The molecule has 1 aliphatic carbocycles. The van der Waals surface area contributed by atoms with Crippen LogP contribution in [0.2, 0.25) is 0 Å². The normalized spacial score (nSPS) is 24.0. The average Bonchev–Trinajstić information content (AvgIpc) is 2.47. The second-order valence-corrected chi connectivity index (χ2v) is 2.78. The predicted molar refractivity (Wildman–Crippen MR) is 34.5 cm³/mol. The Labute approximate surface area is 50.8 Å². The van der Waals surface area contributed by atoms with Gasteiger partial charge in [-0.2, -0.15) is 0 Å². The van der Waals surface area contributed by atoms with Crippen molar-refractivity contribution in [1.82, 2.24) is 10.4 Å². The zero-order valence-corrected chi connectivity index (χ0v) is 5.86. The van der Waals surface area contributed by atoms with Gasteiger partial charge in [0.2, 0.25) is 0 Å². The molecule has 1 saturated carbocycles. The van der Waals surface area contributed by atoms with Crippen molar-refractivity contribution in [3.05, 3.63) is 0 Å². The summed E-state index contributed by atoms with van der Waals surface area (Å²) < 4.78 is 0. The van der Waals surface area contributed by atoms with Crippen LogP contribution in [0.25, 0.3) is 0 Å². The highest BCUT2D eigenvalue weighted by Gasteiger charge is 2.40. The molecule has 1 fully saturated rings. The van der Waals surface area contributed by atoms with E-state index in [0.29, 0.717) is 5.54 Å². The van der Waals surface area contributed by atoms with E-state index in [1.807, 2.05) is 7.05 Å². The Morgan fingerprint density at radius 2 is 2.00 bits per heavy atom. The fourth-order valence-electron chi connectivity index (χ4n) is 0.786. The first-order valence-electron chi connectivity index (χ1n) is 3.10. The monoisotopic (exact) mass is 114 g/mol. The summed E-state index contributed by atoms with van der Waals surface area (Å²) in [5.74, 6) is 0. The smallest absolute Gasteiger partial charge is 0.0324 e. The van der Waals surface area contributed by atoms with Gasteiger partial charge in [0.25, 0.3) is 0 Å². The third kappa shape index (κ3) is 0.858. The molecular formula is C6H14N2. The molecule has 1 rings (SSSR count). The van der Waals surface area contributed by atoms with E-state index >= 15 is 0 Å². The Balaban J connectivity index is 2.34. The van der Waals surface area contributed by atoms with Gasteiger partial charge >= 0.3 is 0 Å². The summed E-state index contributed by atoms with van der Waals surface area (Å²) >= 11 is 0. The minimum Gasteiger partial charge on any atom is -0.258 e. The minimum absolute atomic E-state index is 0.481. The summed E-state index contributed by atoms with van der Waals surface area (Å²) in [6.45, 7) is 2.27. The zero-order valence-electron chi connectivity index (χ0n) is 5.86. The van der Waals surface area contributed by atoms with Gasteiger partial charge in [-0.3, -0.25) is 5.43 Å². The molecule has 0 heterocycles. The second-order valence-electron chi connectivity index (χ2n) is 2.78. The highest BCUT2D eigenvalue weighted by atomic mass is 15.5. The van der Waals surface area contributed by atoms with Crippen LogP contribution >= 0.6 is 0 Å². The summed E-state index contributed by atoms with van der Waals surface area (Å²) in [4.78, 5) is 0. The molecule has 0 bridgehead atoms. The van der Waals surface area contributed by atoms with E-state index in [2.05, 4.69) is 24.4 Å². The molecule has 0 aliphatic heterocycles. The van der Waals surface area contributed by atoms with E-state index in [-0.39, 0.29) is 0 Å². The summed E-state index contributed by atoms with van der Waals surface area (Å²) in [6.07, 6.45) is 2.68. The molecular weight excluding hydrogens is 100 g/mol. The van der Waals surface area contributed by atoms with Crippen molar-refractivity contribution < 1.29 is 0 Å². The van der Waals surface area contributed by atoms with Crippen LogP contribution in [0.3, 0.4) is 0 Å². The fourth-order valence-corrected chi connectivity index (χ4v) is 0.786. The van der Waals surface area contributed by atoms with E-state index < -0.39 is 0 Å². The highest BCUT2D eigenvalue weighted by molar-refractivity contribution is 4.96. The second kappa shape index (κ2) is 1.71. The van der Waals surface area contributed by atoms with Gasteiger partial charge in [0.1, 0.15) is 0 Å². The van der Waals surface area contributed by atoms with Crippen LogP contribution in [0.4, 0.5) is 0 Å². The van der Waals surface area contributed by atoms with E-state index in [1.54, 1.807) is 0 Å². The van der Waals surface area contributed by atoms with Gasteiger partial charge in [0.05, 0.1) is 0 Å². The Bertz CT molecular complexity index is 86.5. The van der Waals surface area contributed by atoms with Crippen molar-refractivity contribution in [3.63, 3.8) is 0 Å². The first-order chi connectivity index (χ1) is 3.69. The molecule has 0 aromatic heterocycles. The van der Waals surface area contributed by atoms with Gasteiger partial charge in [0, 0.05) is 12.6 Å². The fraction of sp³-hybridized carbons (Fsp3) is 1.00. The van der Waals surface area contributed by atoms with Crippen molar-refractivity contribution in [2.75, 3.05) is 14.1 Å². The highest BCUT2D eigenvalue weighted by Crippen LogP contribution is 2.38. The van der Waals surface area contributed by atoms with Crippen molar-refractivity contribution in [2.24, 2.45) is 0 Å². The molecule has 0 saturated heterocycles. The van der Waals surface area contributed by atoms with E-state index in [0.717, 1.165) is 0 Å². The molecule has 0 atom stereocenters. The molecule has 0 spiro atoms. The molecule has 2 heteroatoms. The summed E-state index contributed by atoms with van der Waals surface area (Å²) in [6, 6.07) is 0. The molecule has 1 aliphatic rings. The van der Waals surface area contributed by atoms with Gasteiger partial charge in [0.15, 0.2) is 0 Å². The lowest BCUT2D eigenvalue weighted by Crippen LogP contribution is -2.40. The van der Waals surface area contributed by atoms with Crippen molar-refractivity contribution in [2.45, 2.75) is 25.3 Å². The lowest BCUT2D eigenvalue weighted by atomic mass is 10.3. The average molecular weight is 114 g/mol. The molecule has 48 valence electrons. The predicted octanol–water partition coefficient (Wildman–Crippen LogP) is 0.605. The number of hydrazine groups is 1. The Morgan fingerprint density at radius 3 is 2.12 bits per heavy atom. The molecule has 1 N–H and O–H groups in total. The lowest BCUT2D eigenvalue weighted by Gasteiger charge is -2.22. The van der Waals surface area contributed by atoms with E-state index in [1.165, 1.54) is 12.8 Å². The topological polar surface area (TPSA) is 15.3 Å². The van der Waals surface area contributed by atoms with Crippen molar-refractivity contribution in [1.29, 1.82) is 0 Å². The number of hydrogen-bond acceptors (Lipinski definition) is 2. The Kier molecular flexibility index (Phi) is 1.29. The molecule has 0 unspecified atom stereocenters. The molecule has 0 amide bonds. The molecule has 0 aromatic carbocycles. The van der Waals surface area contributed by atoms with Crippen LogP contribution in [0.1, 0.15) is 19.8 Å². The van der Waals surface area contributed by atoms with Crippen LogP contribution in [0, 0.1) is 0 Å². The first-order valence-corrected chi connectivity index (χ1v) is 3.10. The summed E-state index contributed by atoms with van der Waals surface area (Å²) in [5, 5.41) is 2.17. The zero-order chi connectivity index (χ0) is 6.20. The van der Waals surface area contributed by atoms with Crippen LogP contribution in [0.5, 0.6) is 0 Å². The van der Waals surface area contributed by atoms with Crippen LogP contribution < -0.4 is 5.43 Å². The number of hydrogen-bond donors (Lipinski definition) is 1. The third-order valence-electron chi connectivity index (χ3n) is 2.12. The van der Waals surface area contributed by atoms with Gasteiger partial charge in [-0.15, -0.1) is 0 Å². The maximum atomic E-state index is 3.10. The van der Waals surface area contributed by atoms with Crippen molar-refractivity contribution in [3.8, 4) is 0 Å². The van der Waals surface area contributed by atoms with Gasteiger partial charge < -0.3 is 0 Å². The molecule has 0 radical (unpaired) electrons. The van der Waals surface area contributed by atoms with Crippen molar-refractivity contribution >= 4 is 0 Å². The summed E-state index contributed by atoms with van der Waals surface area (Å²) in [7, 11) is 4.05. The minimum atomic E-state index is 0.481. The van der Waals surface area contributed by atoms with Crippen LogP contribution in [0.15, 0.2) is 0 Å². The maximum Gasteiger partial charge on any atom is 0.0324 e. The molecule has 0 aromatic rings. The Morgan fingerprint density at radius 1 is 1.50 bits per heavy atom. The van der Waals surface area contributed by atoms with E-state index in [9.17, 15) is 0 Å². The standard InChI is InChI=1S/C6H14N2/c1-6(4-5-6)8(3)7-2/h7H,4-5H2,1-3H3. The van der Waals surface area contributed by atoms with Gasteiger partial charge in [-0.05, 0) is 26.8 Å². The first kappa shape index (κ1) is 6.05. The van der Waals surface area contributed by atoms with Crippen LogP contribution in [-0.4, -0.2) is 24.6 Å². The van der Waals surface area contributed by atoms with Gasteiger partial charge in [-0.1, -0.05) is 0 Å². The third-order valence-corrected chi connectivity index (χ3v) is 2.12. The SMILES string of the molecule is CNN(C)C1(C)CC1. The molecule has 8 heavy (non-hydrogen) atoms. The maximum absolute atomic E-state index is 3.10. The largest absolute Gasteiger partial charge is 0.258 e. The number of nitrogens with zero attached hydrogens (tertiary/aromatic N) is 1. The lowest BCUT2D eigenvalue weighted by molar-refractivity contribution is 0.176. The number of nitrogens with one attached hydrogen (secondary N) is 1. The van der Waals surface area contributed by atoms with Gasteiger partial charge in [-0.25, -0.2) is 5.01 Å². The summed E-state index contributed by atoms with van der Waals surface area (Å²) in [5.41, 5.74) is 3.58. The number of rotatable bonds is 2. The Hall–Kier alpha value is -0.0800. The molecule has 2 nitrogen and oxygen atoms in total. The quantitative estimate of drug-likeness (QED) is 0.529. The van der Waals surface area contributed by atoms with Crippen LogP contribution in [-0.2, 0) is 0 Å². The van der Waals surface area contributed by atoms with E-state index in [4.69, 9.17) is 0 Å².